The summed E-state index contributed by atoms with van der Waals surface area (Å²) in [5, 5.41) is 17.3. The van der Waals surface area contributed by atoms with Crippen LogP contribution in [0.25, 0.3) is 0 Å². The van der Waals surface area contributed by atoms with Crippen LogP contribution in [0, 0.1) is 11.3 Å². The third kappa shape index (κ3) is 5.36. The van der Waals surface area contributed by atoms with Crippen molar-refractivity contribution < 1.29 is 17.9 Å². The lowest BCUT2D eigenvalue weighted by Gasteiger charge is -2.13. The minimum atomic E-state index is -4.14. The predicted octanol–water partition coefficient (Wildman–Crippen LogP) is 3.83. The molecule has 0 fully saturated rings. The summed E-state index contributed by atoms with van der Waals surface area (Å²) in [4.78, 5) is 12.0. The maximum absolute atomic E-state index is 12.3. The number of nitrogens with zero attached hydrogens (tertiary/aromatic N) is 1. The van der Waals surface area contributed by atoms with E-state index in [9.17, 15) is 13.2 Å². The Morgan fingerprint density at radius 2 is 1.80 bits per heavy atom. The fraction of sp³-hybridized carbons (Fsp3) is 0.0476. The number of ether oxygens (including phenoxy) is 1. The standard InChI is InChI=1S/C21H16ClN3O4S/c22-18-4-2-1-3-15(18)11-21(26)25-16-7-10-19(20(12-16)30(24,27)28)29-17-8-5-14(13-23)6-9-17/h1-10,12H,11H2,(H,25,26)(H2,24,27,28). The van der Waals surface area contributed by atoms with Crippen LogP contribution in [0.1, 0.15) is 11.1 Å². The van der Waals surface area contributed by atoms with Gasteiger partial charge in [0, 0.05) is 10.7 Å². The number of carbonyl (C=O) groups excluding carboxylic acids is 1. The van der Waals surface area contributed by atoms with E-state index in [1.165, 1.54) is 42.5 Å². The number of carbonyl (C=O) groups is 1. The van der Waals surface area contributed by atoms with Crippen molar-refractivity contribution in [2.45, 2.75) is 11.3 Å². The summed E-state index contributed by atoms with van der Waals surface area (Å²) in [7, 11) is -4.14. The number of anilines is 1. The van der Waals surface area contributed by atoms with Gasteiger partial charge in [0.2, 0.25) is 15.9 Å². The van der Waals surface area contributed by atoms with E-state index in [0.29, 0.717) is 21.9 Å². The molecule has 0 aliphatic carbocycles. The molecule has 3 aromatic rings. The maximum Gasteiger partial charge on any atom is 0.241 e. The van der Waals surface area contributed by atoms with Gasteiger partial charge in [-0.1, -0.05) is 29.8 Å². The van der Waals surface area contributed by atoms with Gasteiger partial charge in [0.05, 0.1) is 18.1 Å². The average Bonchev–Trinajstić information content (AvgIpc) is 2.70. The number of halogens is 1. The Hall–Kier alpha value is -3.38. The largest absolute Gasteiger partial charge is 0.456 e. The molecule has 0 unspecified atom stereocenters. The molecular formula is C21H16ClN3O4S. The van der Waals surface area contributed by atoms with Crippen molar-refractivity contribution >= 4 is 33.2 Å². The van der Waals surface area contributed by atoms with E-state index in [1.54, 1.807) is 24.3 Å². The van der Waals surface area contributed by atoms with Crippen LogP contribution in [0.4, 0.5) is 5.69 Å². The van der Waals surface area contributed by atoms with Crippen molar-refractivity contribution in [3.8, 4) is 17.6 Å². The van der Waals surface area contributed by atoms with Gasteiger partial charge in [-0.3, -0.25) is 4.79 Å². The van der Waals surface area contributed by atoms with E-state index < -0.39 is 10.0 Å². The molecule has 9 heteroatoms. The fourth-order valence-electron chi connectivity index (χ4n) is 2.64. The van der Waals surface area contributed by atoms with Crippen molar-refractivity contribution in [2.24, 2.45) is 5.14 Å². The summed E-state index contributed by atoms with van der Waals surface area (Å²) in [5.41, 5.74) is 1.32. The molecule has 0 saturated heterocycles. The average molecular weight is 442 g/mol. The van der Waals surface area contributed by atoms with E-state index >= 15 is 0 Å². The highest BCUT2D eigenvalue weighted by Crippen LogP contribution is 2.31. The summed E-state index contributed by atoms with van der Waals surface area (Å²) in [6.07, 6.45) is 0.0217. The highest BCUT2D eigenvalue weighted by Gasteiger charge is 2.18. The second kappa shape index (κ2) is 8.97. The molecule has 0 heterocycles. The van der Waals surface area contributed by atoms with Gasteiger partial charge in [0.15, 0.2) is 0 Å². The smallest absolute Gasteiger partial charge is 0.241 e. The van der Waals surface area contributed by atoms with Crippen LogP contribution in [0.5, 0.6) is 11.5 Å². The number of nitrogens with two attached hydrogens (primary N) is 1. The van der Waals surface area contributed by atoms with Crippen molar-refractivity contribution in [1.82, 2.24) is 0 Å². The summed E-state index contributed by atoms with van der Waals surface area (Å²) < 4.78 is 29.7. The first-order valence-corrected chi connectivity index (χ1v) is 10.6. The fourth-order valence-corrected chi connectivity index (χ4v) is 3.52. The summed E-state index contributed by atoms with van der Waals surface area (Å²) in [6.45, 7) is 0. The summed E-state index contributed by atoms with van der Waals surface area (Å²) in [5.74, 6) is -0.0510. The van der Waals surface area contributed by atoms with Crippen molar-refractivity contribution in [3.63, 3.8) is 0 Å². The van der Waals surface area contributed by atoms with Crippen molar-refractivity contribution in [3.05, 3.63) is 82.9 Å². The SMILES string of the molecule is N#Cc1ccc(Oc2ccc(NC(=O)Cc3ccccc3Cl)cc2S(N)(=O)=O)cc1. The van der Waals surface area contributed by atoms with E-state index in [1.807, 2.05) is 6.07 Å². The number of hydrogen-bond acceptors (Lipinski definition) is 5. The van der Waals surface area contributed by atoms with Crippen LogP contribution in [0.2, 0.25) is 5.02 Å². The second-order valence-corrected chi connectivity index (χ2v) is 8.20. The van der Waals surface area contributed by atoms with Crippen LogP contribution >= 0.6 is 11.6 Å². The molecule has 1 amide bonds. The predicted molar refractivity (Wildman–Crippen MR) is 113 cm³/mol. The highest BCUT2D eigenvalue weighted by atomic mass is 35.5. The van der Waals surface area contributed by atoms with Gasteiger partial charge >= 0.3 is 0 Å². The second-order valence-electron chi connectivity index (χ2n) is 6.26. The van der Waals surface area contributed by atoms with Crippen LogP contribution in [0.15, 0.2) is 71.6 Å². The minimum Gasteiger partial charge on any atom is -0.456 e. The zero-order valence-electron chi connectivity index (χ0n) is 15.5. The van der Waals surface area contributed by atoms with E-state index in [-0.39, 0.29) is 28.7 Å². The number of rotatable bonds is 6. The molecule has 0 atom stereocenters. The summed E-state index contributed by atoms with van der Waals surface area (Å²) in [6, 6.07) is 19.2. The van der Waals surface area contributed by atoms with Gasteiger partial charge in [-0.15, -0.1) is 0 Å². The monoisotopic (exact) mass is 441 g/mol. The quantitative estimate of drug-likeness (QED) is 0.601. The molecule has 3 rings (SSSR count). The number of amides is 1. The Kier molecular flexibility index (Phi) is 6.37. The minimum absolute atomic E-state index is 0.00805. The molecule has 0 radical (unpaired) electrons. The molecule has 0 bridgehead atoms. The molecule has 152 valence electrons. The van der Waals surface area contributed by atoms with Gasteiger partial charge in [0.1, 0.15) is 16.4 Å². The lowest BCUT2D eigenvalue weighted by molar-refractivity contribution is -0.115. The number of nitrogens with one attached hydrogen (secondary N) is 1. The van der Waals surface area contributed by atoms with E-state index in [0.717, 1.165) is 0 Å². The first-order valence-electron chi connectivity index (χ1n) is 8.64. The number of hydrogen-bond donors (Lipinski definition) is 2. The first kappa shape index (κ1) is 21.3. The van der Waals surface area contributed by atoms with Gasteiger partial charge in [-0.05, 0) is 54.1 Å². The van der Waals surface area contributed by atoms with Gasteiger partial charge in [0.25, 0.3) is 0 Å². The number of benzene rings is 3. The third-order valence-corrected chi connectivity index (χ3v) is 5.35. The molecule has 30 heavy (non-hydrogen) atoms. The molecule has 0 aliphatic rings. The van der Waals surface area contributed by atoms with Crippen LogP contribution in [-0.4, -0.2) is 14.3 Å². The molecule has 0 aliphatic heterocycles. The van der Waals surface area contributed by atoms with Gasteiger partial charge in [-0.25, -0.2) is 13.6 Å². The van der Waals surface area contributed by atoms with Crippen LogP contribution < -0.4 is 15.2 Å². The number of nitriles is 1. The molecule has 3 aromatic carbocycles. The van der Waals surface area contributed by atoms with Crippen LogP contribution in [-0.2, 0) is 21.2 Å². The third-order valence-electron chi connectivity index (χ3n) is 4.05. The number of primary sulfonamides is 1. The zero-order chi connectivity index (χ0) is 21.7. The van der Waals surface area contributed by atoms with E-state index in [4.69, 9.17) is 26.7 Å². The Labute approximate surface area is 178 Å². The Bertz CT molecular complexity index is 1240. The molecule has 0 aromatic heterocycles. The Balaban J connectivity index is 1.82. The van der Waals surface area contributed by atoms with E-state index in [2.05, 4.69) is 5.32 Å². The lowest BCUT2D eigenvalue weighted by atomic mass is 10.1. The summed E-state index contributed by atoms with van der Waals surface area (Å²) >= 11 is 6.06. The topological polar surface area (TPSA) is 122 Å². The maximum atomic E-state index is 12.3. The first-order chi connectivity index (χ1) is 14.3. The Morgan fingerprint density at radius 1 is 1.10 bits per heavy atom. The lowest BCUT2D eigenvalue weighted by Crippen LogP contribution is -2.17. The molecule has 0 saturated carbocycles. The van der Waals surface area contributed by atoms with Crippen molar-refractivity contribution in [1.29, 1.82) is 5.26 Å². The van der Waals surface area contributed by atoms with Crippen molar-refractivity contribution in [2.75, 3.05) is 5.32 Å². The molecule has 0 spiro atoms. The van der Waals surface area contributed by atoms with Gasteiger partial charge < -0.3 is 10.1 Å². The zero-order valence-corrected chi connectivity index (χ0v) is 17.1. The molecule has 3 N–H and O–H groups in total. The normalized spacial score (nSPS) is 10.8. The Morgan fingerprint density at radius 3 is 2.43 bits per heavy atom. The number of sulfonamides is 1. The molecular weight excluding hydrogens is 426 g/mol. The van der Waals surface area contributed by atoms with Crippen LogP contribution in [0.3, 0.4) is 0 Å². The van der Waals surface area contributed by atoms with Gasteiger partial charge in [-0.2, -0.15) is 5.26 Å². The highest BCUT2D eigenvalue weighted by molar-refractivity contribution is 7.89. The molecule has 7 nitrogen and oxygen atoms in total.